The third-order valence-electron chi connectivity index (χ3n) is 3.51. The van der Waals surface area contributed by atoms with Gasteiger partial charge in [-0.15, -0.1) is 0 Å². The Morgan fingerprint density at radius 2 is 2.00 bits per heavy atom. The van der Waals surface area contributed by atoms with E-state index in [1.165, 1.54) is 16.7 Å². The molecule has 20 heavy (non-hydrogen) atoms. The lowest BCUT2D eigenvalue weighted by atomic mass is 9.88. The van der Waals surface area contributed by atoms with E-state index < -0.39 is 0 Å². The first kappa shape index (κ1) is 16.8. The normalized spacial score (nSPS) is 18.2. The number of hydrogen-bond acceptors (Lipinski definition) is 2. The Balaban J connectivity index is 2.73. The molecule has 0 aromatic rings. The number of nitrogens with two attached hydrogens (primary N) is 1. The summed E-state index contributed by atoms with van der Waals surface area (Å²) >= 11 is 0. The molecule has 0 spiro atoms. The molecule has 112 valence electrons. The smallest absolute Gasteiger partial charge is 0.0479 e. The van der Waals surface area contributed by atoms with Crippen LogP contribution in [0.15, 0.2) is 47.2 Å². The van der Waals surface area contributed by atoms with Gasteiger partial charge in [-0.3, -0.25) is 0 Å². The predicted octanol–water partition coefficient (Wildman–Crippen LogP) is 4.22. The van der Waals surface area contributed by atoms with Gasteiger partial charge in [-0.1, -0.05) is 24.8 Å². The molecule has 0 radical (unpaired) electrons. The third kappa shape index (κ3) is 5.01. The van der Waals surface area contributed by atoms with Crippen molar-refractivity contribution in [2.45, 2.75) is 65.5 Å². The van der Waals surface area contributed by atoms with Crippen molar-refractivity contribution in [3.8, 4) is 0 Å². The molecule has 0 aliphatic heterocycles. The molecule has 0 heterocycles. The van der Waals surface area contributed by atoms with E-state index in [2.05, 4.69) is 64.7 Å². The Kier molecular flexibility index (Phi) is 5.82. The minimum Gasteiger partial charge on any atom is -0.383 e. The van der Waals surface area contributed by atoms with Gasteiger partial charge in [-0.05, 0) is 70.6 Å². The molecule has 2 heteroatoms. The Morgan fingerprint density at radius 1 is 1.40 bits per heavy atom. The van der Waals surface area contributed by atoms with Gasteiger partial charge in [-0.25, -0.2) is 0 Å². The molecular weight excluding hydrogens is 244 g/mol. The van der Waals surface area contributed by atoms with Gasteiger partial charge >= 0.3 is 0 Å². The van der Waals surface area contributed by atoms with Crippen molar-refractivity contribution in [3.63, 3.8) is 0 Å². The maximum Gasteiger partial charge on any atom is 0.0479 e. The Bertz CT molecular complexity index is 445. The lowest BCUT2D eigenvalue weighted by Gasteiger charge is -2.28. The molecule has 1 unspecified atom stereocenters. The van der Waals surface area contributed by atoms with Gasteiger partial charge in [0, 0.05) is 17.3 Å². The van der Waals surface area contributed by atoms with Crippen molar-refractivity contribution in [1.82, 2.24) is 5.32 Å². The summed E-state index contributed by atoms with van der Waals surface area (Å²) in [6.45, 7) is 14.7. The van der Waals surface area contributed by atoms with Gasteiger partial charge in [0.15, 0.2) is 0 Å². The second-order valence-electron chi connectivity index (χ2n) is 6.61. The molecule has 2 nitrogen and oxygen atoms in total. The first-order valence-electron chi connectivity index (χ1n) is 7.50. The minimum atomic E-state index is -0.0592. The van der Waals surface area contributed by atoms with Crippen LogP contribution in [0.3, 0.4) is 0 Å². The highest BCUT2D eigenvalue weighted by molar-refractivity contribution is 5.47. The fraction of sp³-hybridized carbons (Fsp3) is 0.556. The van der Waals surface area contributed by atoms with Crippen molar-refractivity contribution >= 4 is 0 Å². The van der Waals surface area contributed by atoms with Crippen molar-refractivity contribution in [1.29, 1.82) is 0 Å². The van der Waals surface area contributed by atoms with E-state index in [1.54, 1.807) is 0 Å². The third-order valence-corrected chi connectivity index (χ3v) is 3.51. The first-order chi connectivity index (χ1) is 9.24. The monoisotopic (exact) mass is 274 g/mol. The lowest BCUT2D eigenvalue weighted by molar-refractivity contribution is 0.453. The highest BCUT2D eigenvalue weighted by atomic mass is 15.0. The van der Waals surface area contributed by atoms with Crippen LogP contribution in [-0.2, 0) is 0 Å². The van der Waals surface area contributed by atoms with E-state index >= 15 is 0 Å². The van der Waals surface area contributed by atoms with Crippen molar-refractivity contribution in [3.05, 3.63) is 47.2 Å². The number of nitrogens with one attached hydrogen (secondary N) is 1. The molecule has 0 aromatic carbocycles. The fourth-order valence-electron chi connectivity index (χ4n) is 2.50. The summed E-state index contributed by atoms with van der Waals surface area (Å²) in [6, 6.07) is -0.0592. The second-order valence-corrected chi connectivity index (χ2v) is 6.61. The number of hydrogen-bond donors (Lipinski definition) is 2. The van der Waals surface area contributed by atoms with Gasteiger partial charge in [0.25, 0.3) is 0 Å². The van der Waals surface area contributed by atoms with Gasteiger partial charge in [-0.2, -0.15) is 0 Å². The predicted molar refractivity (Wildman–Crippen MR) is 89.5 cm³/mol. The fourth-order valence-corrected chi connectivity index (χ4v) is 2.50. The minimum absolute atomic E-state index is 0.00468. The Hall–Kier alpha value is -1.28. The largest absolute Gasteiger partial charge is 0.383 e. The van der Waals surface area contributed by atoms with E-state index in [0.717, 1.165) is 25.0 Å². The summed E-state index contributed by atoms with van der Waals surface area (Å²) in [5, 5.41) is 3.38. The maximum absolute atomic E-state index is 6.30. The summed E-state index contributed by atoms with van der Waals surface area (Å²) in [4.78, 5) is 0. The zero-order valence-electron chi connectivity index (χ0n) is 13.7. The summed E-state index contributed by atoms with van der Waals surface area (Å²) < 4.78 is 0. The SMILES string of the molecule is C=C(NC(C)(C)C)C(N)C/C(=C/C)C1=CCCC=C1C. The molecule has 0 saturated heterocycles. The van der Waals surface area contributed by atoms with Gasteiger partial charge in [0.05, 0.1) is 0 Å². The standard InChI is InChI=1S/C18H30N2/c1-7-15(16-11-9-8-10-13(16)2)12-17(19)14(3)20-18(4,5)6/h7,10-11,17,20H,3,8-9,12,19H2,1-2,4-6H3/b15-7-. The van der Waals surface area contributed by atoms with Crippen molar-refractivity contribution in [2.24, 2.45) is 5.73 Å². The van der Waals surface area contributed by atoms with Crippen LogP contribution in [0.1, 0.15) is 53.9 Å². The molecule has 1 atom stereocenters. The van der Waals surface area contributed by atoms with E-state index in [4.69, 9.17) is 5.73 Å². The molecule has 0 bridgehead atoms. The summed E-state index contributed by atoms with van der Waals surface area (Å²) in [6.07, 6.45) is 9.93. The summed E-state index contributed by atoms with van der Waals surface area (Å²) in [5.41, 5.74) is 11.3. The number of allylic oxidation sites excluding steroid dienone is 5. The lowest BCUT2D eigenvalue weighted by Crippen LogP contribution is -2.41. The second kappa shape index (κ2) is 6.94. The molecule has 1 aliphatic rings. The van der Waals surface area contributed by atoms with Crippen LogP contribution in [-0.4, -0.2) is 11.6 Å². The van der Waals surface area contributed by atoms with E-state index in [0.29, 0.717) is 0 Å². The Morgan fingerprint density at radius 3 is 2.50 bits per heavy atom. The highest BCUT2D eigenvalue weighted by Crippen LogP contribution is 2.28. The molecule has 1 rings (SSSR count). The topological polar surface area (TPSA) is 38.0 Å². The van der Waals surface area contributed by atoms with E-state index in [-0.39, 0.29) is 11.6 Å². The van der Waals surface area contributed by atoms with Gasteiger partial charge < -0.3 is 11.1 Å². The van der Waals surface area contributed by atoms with Crippen molar-refractivity contribution in [2.75, 3.05) is 0 Å². The maximum atomic E-state index is 6.30. The van der Waals surface area contributed by atoms with Crippen LogP contribution in [0.4, 0.5) is 0 Å². The molecule has 1 aliphatic carbocycles. The molecule has 0 aromatic heterocycles. The molecule has 0 amide bonds. The molecule has 0 saturated carbocycles. The molecular formula is C18H30N2. The molecule has 3 N–H and O–H groups in total. The van der Waals surface area contributed by atoms with Crippen molar-refractivity contribution < 1.29 is 0 Å². The number of rotatable bonds is 5. The zero-order chi connectivity index (χ0) is 15.3. The summed E-state index contributed by atoms with van der Waals surface area (Å²) in [7, 11) is 0. The zero-order valence-corrected chi connectivity index (χ0v) is 13.7. The first-order valence-corrected chi connectivity index (χ1v) is 7.50. The molecule has 0 fully saturated rings. The van der Waals surface area contributed by atoms with Crippen LogP contribution < -0.4 is 11.1 Å². The average Bonchev–Trinajstić information content (AvgIpc) is 2.34. The van der Waals surface area contributed by atoms with Crippen LogP contribution in [0.2, 0.25) is 0 Å². The quantitative estimate of drug-likeness (QED) is 0.788. The Labute approximate surface area is 124 Å². The highest BCUT2D eigenvalue weighted by Gasteiger charge is 2.18. The van der Waals surface area contributed by atoms with E-state index in [9.17, 15) is 0 Å². The van der Waals surface area contributed by atoms with Crippen LogP contribution in [0.25, 0.3) is 0 Å². The van der Waals surface area contributed by atoms with Gasteiger partial charge in [0.1, 0.15) is 0 Å². The van der Waals surface area contributed by atoms with Crippen LogP contribution >= 0.6 is 0 Å². The van der Waals surface area contributed by atoms with Crippen LogP contribution in [0, 0.1) is 0 Å². The average molecular weight is 274 g/mol. The van der Waals surface area contributed by atoms with Crippen LogP contribution in [0.5, 0.6) is 0 Å². The summed E-state index contributed by atoms with van der Waals surface area (Å²) in [5.74, 6) is 0. The van der Waals surface area contributed by atoms with Gasteiger partial charge in [0.2, 0.25) is 0 Å². The van der Waals surface area contributed by atoms with E-state index in [1.807, 2.05) is 0 Å².